The van der Waals surface area contributed by atoms with Crippen molar-refractivity contribution >= 4 is 14.3 Å². The first-order valence-electron chi connectivity index (χ1n) is 8.35. The molecule has 24 heavy (non-hydrogen) atoms. The minimum atomic E-state index is -2.05. The molecule has 0 spiro atoms. The van der Waals surface area contributed by atoms with Gasteiger partial charge in [-0.25, -0.2) is 4.79 Å². The van der Waals surface area contributed by atoms with Gasteiger partial charge in [-0.05, 0) is 38.1 Å². The zero-order chi connectivity index (χ0) is 18.8. The number of hydrogen-bond acceptors (Lipinski definition) is 5. The molecule has 140 valence electrons. The molecule has 0 rings (SSSR count). The van der Waals surface area contributed by atoms with Crippen LogP contribution in [0.15, 0.2) is 24.3 Å². The van der Waals surface area contributed by atoms with Crippen LogP contribution in [-0.2, 0) is 23.4 Å². The van der Waals surface area contributed by atoms with Crippen molar-refractivity contribution in [3.05, 3.63) is 24.3 Å². The van der Waals surface area contributed by atoms with E-state index in [9.17, 15) is 4.79 Å². The lowest BCUT2D eigenvalue weighted by Crippen LogP contribution is -2.46. The van der Waals surface area contributed by atoms with Gasteiger partial charge in [0.25, 0.3) is 0 Å². The first-order chi connectivity index (χ1) is 11.1. The highest BCUT2D eigenvalue weighted by molar-refractivity contribution is 6.74. The number of rotatable bonds is 10. The fourth-order valence-electron chi connectivity index (χ4n) is 1.69. The summed E-state index contributed by atoms with van der Waals surface area (Å²) in [4.78, 5) is 11.7. The van der Waals surface area contributed by atoms with Crippen LogP contribution in [0, 0.1) is 0 Å². The summed E-state index contributed by atoms with van der Waals surface area (Å²) >= 11 is 0. The highest BCUT2D eigenvalue weighted by Gasteiger charge is 2.40. The van der Waals surface area contributed by atoms with Crippen molar-refractivity contribution < 1.29 is 23.4 Å². The van der Waals surface area contributed by atoms with E-state index >= 15 is 0 Å². The smallest absolute Gasteiger partial charge is 0.330 e. The van der Waals surface area contributed by atoms with Gasteiger partial charge in [0.2, 0.25) is 0 Å². The Morgan fingerprint density at radius 2 is 1.79 bits per heavy atom. The van der Waals surface area contributed by atoms with E-state index in [4.69, 9.17) is 18.6 Å². The number of methoxy groups -OCH3 is 1. The van der Waals surface area contributed by atoms with Gasteiger partial charge in [0.15, 0.2) is 8.32 Å². The summed E-state index contributed by atoms with van der Waals surface area (Å²) in [7, 11) is -0.473. The molecule has 0 unspecified atom stereocenters. The quantitative estimate of drug-likeness (QED) is 0.194. The highest BCUT2D eigenvalue weighted by Crippen LogP contribution is 2.38. The maximum Gasteiger partial charge on any atom is 0.330 e. The summed E-state index contributed by atoms with van der Waals surface area (Å²) < 4.78 is 22.2. The van der Waals surface area contributed by atoms with E-state index in [-0.39, 0.29) is 30.0 Å². The number of esters is 1. The summed E-state index contributed by atoms with van der Waals surface area (Å²) in [6.45, 7) is 15.0. The van der Waals surface area contributed by atoms with E-state index < -0.39 is 8.32 Å². The van der Waals surface area contributed by atoms with Crippen LogP contribution < -0.4 is 0 Å². The Labute approximate surface area is 148 Å². The van der Waals surface area contributed by atoms with Crippen LogP contribution in [0.5, 0.6) is 0 Å². The second-order valence-corrected chi connectivity index (χ2v) is 11.8. The minimum absolute atomic E-state index is 0.0464. The fourth-order valence-corrected chi connectivity index (χ4v) is 2.94. The summed E-state index contributed by atoms with van der Waals surface area (Å²) in [5.74, 6) is -0.382. The molecule has 0 aliphatic rings. The van der Waals surface area contributed by atoms with Gasteiger partial charge in [-0.1, -0.05) is 32.9 Å². The van der Waals surface area contributed by atoms with E-state index in [2.05, 4.69) is 33.9 Å². The SMILES string of the molecule is C/C=C/[C@H](OCOC)[C@H](/C=C/C(=O)OCC)O[Si](C)(C)C(C)(C)C. The van der Waals surface area contributed by atoms with Crippen LogP contribution in [0.3, 0.4) is 0 Å². The monoisotopic (exact) mass is 358 g/mol. The predicted molar refractivity (Wildman–Crippen MR) is 99.4 cm³/mol. The van der Waals surface area contributed by atoms with Gasteiger partial charge in [-0.3, -0.25) is 0 Å². The average molecular weight is 359 g/mol. The molecule has 0 aromatic heterocycles. The van der Waals surface area contributed by atoms with Crippen LogP contribution in [-0.4, -0.2) is 47.0 Å². The summed E-state index contributed by atoms with van der Waals surface area (Å²) in [6, 6.07) is 0. The van der Waals surface area contributed by atoms with E-state index in [1.807, 2.05) is 19.1 Å². The van der Waals surface area contributed by atoms with Gasteiger partial charge in [0, 0.05) is 13.2 Å². The molecule has 0 saturated heterocycles. The van der Waals surface area contributed by atoms with Crippen molar-refractivity contribution in [2.24, 2.45) is 0 Å². The molecule has 0 aliphatic heterocycles. The van der Waals surface area contributed by atoms with Crippen molar-refractivity contribution in [1.29, 1.82) is 0 Å². The van der Waals surface area contributed by atoms with Crippen molar-refractivity contribution in [1.82, 2.24) is 0 Å². The van der Waals surface area contributed by atoms with Crippen molar-refractivity contribution in [3.8, 4) is 0 Å². The third-order valence-corrected chi connectivity index (χ3v) is 8.50. The lowest BCUT2D eigenvalue weighted by Gasteiger charge is -2.40. The first-order valence-corrected chi connectivity index (χ1v) is 11.3. The Hall–Kier alpha value is -0.953. The van der Waals surface area contributed by atoms with Crippen LogP contribution in [0.1, 0.15) is 34.6 Å². The van der Waals surface area contributed by atoms with Gasteiger partial charge in [0.1, 0.15) is 12.9 Å². The maximum absolute atomic E-state index is 11.7. The number of hydrogen-bond donors (Lipinski definition) is 0. The molecular weight excluding hydrogens is 324 g/mol. The van der Waals surface area contributed by atoms with Gasteiger partial charge >= 0.3 is 5.97 Å². The third-order valence-electron chi connectivity index (χ3n) is 4.03. The number of ether oxygens (including phenoxy) is 3. The molecule has 0 saturated carbocycles. The molecule has 5 nitrogen and oxygen atoms in total. The van der Waals surface area contributed by atoms with Crippen molar-refractivity contribution in [2.75, 3.05) is 20.5 Å². The standard InChI is InChI=1S/C18H34O5Si/c1-9-11-15(22-14-20-6)16(12-13-17(19)21-10-2)23-24(7,8)18(3,4)5/h9,11-13,15-16H,10,14H2,1-8H3/b11-9+,13-12+/t15-,16-/m0/s1. The van der Waals surface area contributed by atoms with Gasteiger partial charge in [-0.15, -0.1) is 0 Å². The molecular formula is C18H34O5Si. The van der Waals surface area contributed by atoms with E-state index in [0.29, 0.717) is 6.61 Å². The Morgan fingerprint density at radius 3 is 2.25 bits per heavy atom. The molecule has 2 atom stereocenters. The Kier molecular flexibility index (Phi) is 10.4. The number of allylic oxidation sites excluding steroid dienone is 1. The molecule has 0 fully saturated rings. The largest absolute Gasteiger partial charge is 0.463 e. The van der Waals surface area contributed by atoms with Gasteiger partial charge < -0.3 is 18.6 Å². The molecule has 0 N–H and O–H groups in total. The Morgan fingerprint density at radius 1 is 1.17 bits per heavy atom. The normalized spacial score (nSPS) is 15.8. The van der Waals surface area contributed by atoms with Gasteiger partial charge in [0.05, 0.1) is 12.7 Å². The second-order valence-electron chi connectivity index (χ2n) is 7.02. The first kappa shape index (κ1) is 23.0. The number of carbonyl (C=O) groups excluding carboxylic acids is 1. The topological polar surface area (TPSA) is 54.0 Å². The van der Waals surface area contributed by atoms with Crippen LogP contribution in [0.25, 0.3) is 0 Å². The molecule has 0 aliphatic carbocycles. The molecule has 0 amide bonds. The molecule has 0 bridgehead atoms. The molecule has 0 heterocycles. The Bertz CT molecular complexity index is 424. The van der Waals surface area contributed by atoms with E-state index in [0.717, 1.165) is 0 Å². The van der Waals surface area contributed by atoms with Crippen LogP contribution >= 0.6 is 0 Å². The predicted octanol–water partition coefficient (Wildman–Crippen LogP) is 4.06. The van der Waals surface area contributed by atoms with Crippen molar-refractivity contribution in [2.45, 2.75) is 65.0 Å². The molecule has 0 radical (unpaired) electrons. The minimum Gasteiger partial charge on any atom is -0.463 e. The molecule has 0 aromatic rings. The fraction of sp³-hybridized carbons (Fsp3) is 0.722. The third kappa shape index (κ3) is 8.24. The lowest BCUT2D eigenvalue weighted by atomic mass is 10.1. The highest BCUT2D eigenvalue weighted by atomic mass is 28.4. The Balaban J connectivity index is 5.43. The zero-order valence-electron chi connectivity index (χ0n) is 16.4. The summed E-state index contributed by atoms with van der Waals surface area (Å²) in [5.41, 5.74) is 0. The lowest BCUT2D eigenvalue weighted by molar-refractivity contribution is -0.137. The maximum atomic E-state index is 11.7. The average Bonchev–Trinajstić information content (AvgIpc) is 2.47. The second kappa shape index (κ2) is 10.8. The molecule has 0 aromatic carbocycles. The van der Waals surface area contributed by atoms with Gasteiger partial charge in [-0.2, -0.15) is 0 Å². The van der Waals surface area contributed by atoms with E-state index in [1.165, 1.54) is 6.08 Å². The van der Waals surface area contributed by atoms with Crippen LogP contribution in [0.2, 0.25) is 18.1 Å². The number of carbonyl (C=O) groups is 1. The molecule has 6 heteroatoms. The van der Waals surface area contributed by atoms with E-state index in [1.54, 1.807) is 20.1 Å². The summed E-state index contributed by atoms with van der Waals surface area (Å²) in [5, 5.41) is 0.0464. The summed E-state index contributed by atoms with van der Waals surface area (Å²) in [6.07, 6.45) is 6.22. The van der Waals surface area contributed by atoms with Crippen LogP contribution in [0.4, 0.5) is 0 Å². The zero-order valence-corrected chi connectivity index (χ0v) is 17.4. The van der Waals surface area contributed by atoms with Crippen molar-refractivity contribution in [3.63, 3.8) is 0 Å².